The summed E-state index contributed by atoms with van der Waals surface area (Å²) < 4.78 is 0. The molecule has 1 N–H and O–H groups in total. The highest BCUT2D eigenvalue weighted by Gasteiger charge is 2.39. The van der Waals surface area contributed by atoms with Crippen molar-refractivity contribution in [3.8, 4) is 0 Å². The molecule has 1 aliphatic heterocycles. The summed E-state index contributed by atoms with van der Waals surface area (Å²) in [7, 11) is 0. The van der Waals surface area contributed by atoms with Crippen LogP contribution in [0.1, 0.15) is 18.4 Å². The number of benzene rings is 1. The number of hydrogen-bond donors (Lipinski definition) is 2. The fraction of sp³-hybridized carbons (Fsp3) is 0.400. The number of carbonyl (C=O) groups excluding carboxylic acids is 2. The predicted octanol–water partition coefficient (Wildman–Crippen LogP) is 1.61. The van der Waals surface area contributed by atoms with E-state index in [2.05, 4.69) is 12.6 Å². The van der Waals surface area contributed by atoms with Crippen LogP contribution in [0.2, 0.25) is 0 Å². The predicted molar refractivity (Wildman–Crippen MR) is 83.6 cm³/mol. The van der Waals surface area contributed by atoms with Crippen LogP contribution in [-0.2, 0) is 16.0 Å². The number of rotatable bonds is 7. The number of thiol groups is 1. The van der Waals surface area contributed by atoms with E-state index in [4.69, 9.17) is 5.11 Å². The average Bonchev–Trinajstić information content (AvgIpc) is 2.78. The lowest BCUT2D eigenvalue weighted by Crippen LogP contribution is -2.39. The lowest BCUT2D eigenvalue weighted by molar-refractivity contribution is -0.137. The second kappa shape index (κ2) is 7.31. The highest BCUT2D eigenvalue weighted by Crippen LogP contribution is 2.20. The number of urea groups is 1. The molecule has 0 bridgehead atoms. The zero-order chi connectivity index (χ0) is 16.1. The average molecular weight is 322 g/mol. The van der Waals surface area contributed by atoms with Crippen molar-refractivity contribution in [3.05, 3.63) is 35.9 Å². The van der Waals surface area contributed by atoms with Crippen molar-refractivity contribution < 1.29 is 19.5 Å². The maximum Gasteiger partial charge on any atom is 0.328 e. The van der Waals surface area contributed by atoms with Crippen LogP contribution in [0.5, 0.6) is 0 Å². The molecule has 3 amide bonds. The summed E-state index contributed by atoms with van der Waals surface area (Å²) in [5, 5.41) is 8.16. The normalized spacial score (nSPS) is 16.2. The molecule has 1 aromatic carbocycles. The largest absolute Gasteiger partial charge is 0.481 e. The first-order valence-electron chi connectivity index (χ1n) is 7.04. The van der Waals surface area contributed by atoms with Gasteiger partial charge in [-0.05, 0) is 18.4 Å². The highest BCUT2D eigenvalue weighted by atomic mass is 32.1. The van der Waals surface area contributed by atoms with E-state index in [1.54, 1.807) is 0 Å². The van der Waals surface area contributed by atoms with Gasteiger partial charge in [0.15, 0.2) is 0 Å². The van der Waals surface area contributed by atoms with Gasteiger partial charge in [-0.3, -0.25) is 14.5 Å². The Morgan fingerprint density at radius 1 is 1.27 bits per heavy atom. The molecular formula is C15H18N2O4S. The third kappa shape index (κ3) is 4.00. The number of hydrogen-bond acceptors (Lipinski definition) is 4. The molecule has 1 aliphatic rings. The van der Waals surface area contributed by atoms with Crippen molar-refractivity contribution >= 4 is 30.5 Å². The zero-order valence-corrected chi connectivity index (χ0v) is 12.9. The second-order valence-corrected chi connectivity index (χ2v) is 5.71. The third-order valence-electron chi connectivity index (χ3n) is 3.50. The van der Waals surface area contributed by atoms with E-state index in [1.807, 2.05) is 30.3 Å². The molecule has 1 saturated heterocycles. The summed E-state index contributed by atoms with van der Waals surface area (Å²) in [6.45, 7) is -0.0376. The molecule has 22 heavy (non-hydrogen) atoms. The van der Waals surface area contributed by atoms with E-state index >= 15 is 0 Å². The number of aliphatic carboxylic acids is 1. The minimum absolute atomic E-state index is 0.0373. The number of imide groups is 1. The van der Waals surface area contributed by atoms with Crippen LogP contribution in [0.3, 0.4) is 0 Å². The standard InChI is InChI=1S/C15H18N2O4S/c18-12-10-16(9-8-14(19)20)15(21)17(12)13(22)7-6-11-4-2-1-3-5-11/h1-5,13,22H,6-10H2,(H,19,20). The van der Waals surface area contributed by atoms with Gasteiger partial charge in [0.2, 0.25) is 0 Å². The molecule has 1 fully saturated rings. The number of nitrogens with zero attached hydrogens (tertiary/aromatic N) is 2. The number of carboxylic acids is 1. The molecule has 1 heterocycles. The maximum absolute atomic E-state index is 12.2. The van der Waals surface area contributed by atoms with Crippen LogP contribution in [0, 0.1) is 0 Å². The number of aryl methyl sites for hydroxylation is 1. The van der Waals surface area contributed by atoms with Crippen LogP contribution in [0.4, 0.5) is 4.79 Å². The molecule has 2 rings (SSSR count). The minimum atomic E-state index is -0.995. The molecule has 0 radical (unpaired) electrons. The second-order valence-electron chi connectivity index (χ2n) is 5.12. The molecular weight excluding hydrogens is 304 g/mol. The topological polar surface area (TPSA) is 77.9 Å². The first kappa shape index (κ1) is 16.4. The SMILES string of the molecule is O=C(O)CCN1CC(=O)N(C(S)CCc2ccccc2)C1=O. The Morgan fingerprint density at radius 3 is 2.59 bits per heavy atom. The summed E-state index contributed by atoms with van der Waals surface area (Å²) in [5.41, 5.74) is 1.11. The summed E-state index contributed by atoms with van der Waals surface area (Å²) in [4.78, 5) is 37.1. The smallest absolute Gasteiger partial charge is 0.328 e. The Hall–Kier alpha value is -2.02. The summed E-state index contributed by atoms with van der Waals surface area (Å²) in [6, 6.07) is 9.29. The Labute approximate surface area is 134 Å². The molecule has 1 aromatic rings. The van der Waals surface area contributed by atoms with Crippen molar-refractivity contribution in [1.82, 2.24) is 9.80 Å². The van der Waals surface area contributed by atoms with Crippen molar-refractivity contribution in [2.75, 3.05) is 13.1 Å². The van der Waals surface area contributed by atoms with Gasteiger partial charge in [-0.2, -0.15) is 12.6 Å². The molecule has 0 spiro atoms. The van der Waals surface area contributed by atoms with Gasteiger partial charge in [0, 0.05) is 6.54 Å². The summed E-state index contributed by atoms with van der Waals surface area (Å²) >= 11 is 4.36. The van der Waals surface area contributed by atoms with Gasteiger partial charge in [0.05, 0.1) is 11.8 Å². The van der Waals surface area contributed by atoms with Crippen LogP contribution in [0.25, 0.3) is 0 Å². The number of carboxylic acid groups (broad SMARTS) is 1. The Bertz CT molecular complexity index is 564. The molecule has 1 unspecified atom stereocenters. The van der Waals surface area contributed by atoms with E-state index in [0.717, 1.165) is 10.5 Å². The molecule has 0 aromatic heterocycles. The molecule has 118 valence electrons. The van der Waals surface area contributed by atoms with Crippen LogP contribution < -0.4 is 0 Å². The van der Waals surface area contributed by atoms with E-state index in [1.165, 1.54) is 4.90 Å². The number of carbonyl (C=O) groups is 3. The van der Waals surface area contributed by atoms with Crippen molar-refractivity contribution in [3.63, 3.8) is 0 Å². The third-order valence-corrected chi connectivity index (χ3v) is 3.99. The van der Waals surface area contributed by atoms with Gasteiger partial charge < -0.3 is 10.0 Å². The Morgan fingerprint density at radius 2 is 1.95 bits per heavy atom. The lowest BCUT2D eigenvalue weighted by Gasteiger charge is -2.22. The van der Waals surface area contributed by atoms with Gasteiger partial charge in [-0.15, -0.1) is 0 Å². The van der Waals surface area contributed by atoms with Gasteiger partial charge in [-0.25, -0.2) is 4.79 Å². The fourth-order valence-corrected chi connectivity index (χ4v) is 2.69. The summed E-state index contributed by atoms with van der Waals surface area (Å²) in [6.07, 6.45) is 1.09. The van der Waals surface area contributed by atoms with Crippen molar-refractivity contribution in [2.24, 2.45) is 0 Å². The number of amides is 3. The van der Waals surface area contributed by atoms with E-state index in [9.17, 15) is 14.4 Å². The molecule has 0 aliphatic carbocycles. The maximum atomic E-state index is 12.2. The van der Waals surface area contributed by atoms with E-state index in [0.29, 0.717) is 12.8 Å². The monoisotopic (exact) mass is 322 g/mol. The lowest BCUT2D eigenvalue weighted by atomic mass is 10.1. The van der Waals surface area contributed by atoms with Crippen LogP contribution >= 0.6 is 12.6 Å². The van der Waals surface area contributed by atoms with Gasteiger partial charge in [0.1, 0.15) is 6.54 Å². The first-order valence-corrected chi connectivity index (χ1v) is 7.55. The Kier molecular flexibility index (Phi) is 5.43. The first-order chi connectivity index (χ1) is 10.5. The van der Waals surface area contributed by atoms with E-state index in [-0.39, 0.29) is 25.4 Å². The van der Waals surface area contributed by atoms with Gasteiger partial charge >= 0.3 is 12.0 Å². The van der Waals surface area contributed by atoms with E-state index < -0.39 is 17.4 Å². The van der Waals surface area contributed by atoms with Crippen molar-refractivity contribution in [2.45, 2.75) is 24.6 Å². The van der Waals surface area contributed by atoms with Crippen LogP contribution in [0.15, 0.2) is 30.3 Å². The fourth-order valence-electron chi connectivity index (χ4n) is 2.33. The Balaban J connectivity index is 1.91. The molecule has 1 atom stereocenters. The van der Waals surface area contributed by atoms with Crippen molar-refractivity contribution in [1.29, 1.82) is 0 Å². The summed E-state index contributed by atoms with van der Waals surface area (Å²) in [5.74, 6) is -1.33. The zero-order valence-electron chi connectivity index (χ0n) is 12.0. The van der Waals surface area contributed by atoms with Crippen LogP contribution in [-0.4, -0.2) is 51.3 Å². The van der Waals surface area contributed by atoms with Gasteiger partial charge in [0.25, 0.3) is 5.91 Å². The quantitative estimate of drug-likeness (QED) is 0.590. The van der Waals surface area contributed by atoms with Gasteiger partial charge in [-0.1, -0.05) is 30.3 Å². The molecule has 0 saturated carbocycles. The minimum Gasteiger partial charge on any atom is -0.481 e. The highest BCUT2D eigenvalue weighted by molar-refractivity contribution is 7.80. The molecule has 6 nitrogen and oxygen atoms in total. The molecule has 7 heteroatoms.